The Bertz CT molecular complexity index is 1630. The lowest BCUT2D eigenvalue weighted by Crippen LogP contribution is -2.39. The number of rotatable bonds is 8. The molecule has 0 atom stereocenters. The summed E-state index contributed by atoms with van der Waals surface area (Å²) < 4.78 is 85.8. The molecule has 0 bridgehead atoms. The topological polar surface area (TPSA) is 93.4 Å². The van der Waals surface area contributed by atoms with E-state index in [4.69, 9.17) is 4.74 Å². The lowest BCUT2D eigenvalue weighted by molar-refractivity contribution is -0.148. The predicted octanol–water partition coefficient (Wildman–Crippen LogP) is 6.68. The molecule has 232 valence electrons. The maximum absolute atomic E-state index is 13.8. The smallest absolute Gasteiger partial charge is 0.434 e. The standard InChI is InChI=1S/C30H27F6N5O3/c1-18-3-2-4-22(24-9-12-37-28(39-24)41-26(30(34,35)36)23(15-38-41)27(42)43)25(18)44-16-19-5-7-20(8-6-19)21-10-13-40(14-11-21)17-29(31,32)33/h2-9,12,15,21H,10-11,13-14,16-17H2,1H3,(H,42,43). The van der Waals surface area contributed by atoms with Gasteiger partial charge >= 0.3 is 18.3 Å². The van der Waals surface area contributed by atoms with Crippen LogP contribution in [0.3, 0.4) is 0 Å². The summed E-state index contributed by atoms with van der Waals surface area (Å²) in [5.74, 6) is -1.63. The van der Waals surface area contributed by atoms with Gasteiger partial charge < -0.3 is 9.84 Å². The quantitative estimate of drug-likeness (QED) is 0.220. The number of carboxylic acid groups (broad SMARTS) is 1. The van der Waals surface area contributed by atoms with Gasteiger partial charge in [-0.3, -0.25) is 4.90 Å². The second kappa shape index (κ2) is 12.3. The van der Waals surface area contributed by atoms with Crippen molar-refractivity contribution in [2.24, 2.45) is 0 Å². The SMILES string of the molecule is Cc1cccc(-c2ccnc(-n3ncc(C(=O)O)c3C(F)(F)F)n2)c1OCc1ccc(C2CCN(CC(F)(F)F)CC2)cc1. The van der Waals surface area contributed by atoms with Crippen molar-refractivity contribution in [3.8, 4) is 23.0 Å². The molecule has 0 spiro atoms. The number of aryl methyl sites for hydroxylation is 1. The van der Waals surface area contributed by atoms with E-state index in [2.05, 4.69) is 15.1 Å². The van der Waals surface area contributed by atoms with Gasteiger partial charge in [-0.25, -0.2) is 14.8 Å². The van der Waals surface area contributed by atoms with Gasteiger partial charge in [0.25, 0.3) is 5.95 Å². The van der Waals surface area contributed by atoms with E-state index in [9.17, 15) is 36.2 Å². The molecule has 1 aliphatic heterocycles. The molecule has 0 unspecified atom stereocenters. The molecule has 8 nitrogen and oxygen atoms in total. The van der Waals surface area contributed by atoms with Crippen LogP contribution in [-0.2, 0) is 12.8 Å². The Morgan fingerprint density at radius 2 is 1.73 bits per heavy atom. The number of benzene rings is 2. The molecule has 0 saturated carbocycles. The molecule has 44 heavy (non-hydrogen) atoms. The van der Waals surface area contributed by atoms with E-state index in [0.29, 0.717) is 48.1 Å². The van der Waals surface area contributed by atoms with E-state index in [1.807, 2.05) is 37.3 Å². The minimum atomic E-state index is -5.03. The molecule has 4 aromatic rings. The molecular weight excluding hydrogens is 592 g/mol. The van der Waals surface area contributed by atoms with Gasteiger partial charge in [0.05, 0.1) is 18.4 Å². The van der Waals surface area contributed by atoms with Crippen LogP contribution in [0.25, 0.3) is 17.2 Å². The van der Waals surface area contributed by atoms with Gasteiger partial charge in [0.2, 0.25) is 0 Å². The number of likely N-dealkylation sites (tertiary alicyclic amines) is 1. The van der Waals surface area contributed by atoms with Gasteiger partial charge in [0.1, 0.15) is 17.9 Å². The molecule has 1 fully saturated rings. The number of para-hydroxylation sites is 1. The average Bonchev–Trinajstić information content (AvgIpc) is 3.43. The van der Waals surface area contributed by atoms with Crippen LogP contribution in [-0.4, -0.2) is 61.5 Å². The summed E-state index contributed by atoms with van der Waals surface area (Å²) in [6, 6.07) is 14.4. The Balaban J connectivity index is 1.32. The minimum Gasteiger partial charge on any atom is -0.488 e. The zero-order chi connectivity index (χ0) is 31.6. The van der Waals surface area contributed by atoms with Crippen LogP contribution in [0.4, 0.5) is 26.3 Å². The first-order valence-electron chi connectivity index (χ1n) is 13.6. The largest absolute Gasteiger partial charge is 0.488 e. The number of aromatic nitrogens is 4. The summed E-state index contributed by atoms with van der Waals surface area (Å²) in [6.07, 6.45) is -6.10. The summed E-state index contributed by atoms with van der Waals surface area (Å²) in [4.78, 5) is 21.0. The Hall–Kier alpha value is -4.46. The Morgan fingerprint density at radius 1 is 1.02 bits per heavy atom. The highest BCUT2D eigenvalue weighted by Gasteiger charge is 2.41. The van der Waals surface area contributed by atoms with Crippen molar-refractivity contribution >= 4 is 5.97 Å². The molecule has 0 amide bonds. The lowest BCUT2D eigenvalue weighted by Gasteiger charge is -2.32. The third-order valence-corrected chi connectivity index (χ3v) is 7.41. The number of alkyl halides is 6. The van der Waals surface area contributed by atoms with Gasteiger partial charge in [0.15, 0.2) is 5.69 Å². The molecule has 3 heterocycles. The van der Waals surface area contributed by atoms with Crippen molar-refractivity contribution in [3.05, 3.63) is 88.9 Å². The van der Waals surface area contributed by atoms with Crippen molar-refractivity contribution in [3.63, 3.8) is 0 Å². The van der Waals surface area contributed by atoms with Crippen LogP contribution < -0.4 is 4.74 Å². The molecule has 1 aliphatic rings. The van der Waals surface area contributed by atoms with E-state index >= 15 is 0 Å². The second-order valence-electron chi connectivity index (χ2n) is 10.5. The summed E-state index contributed by atoms with van der Waals surface area (Å²) in [5, 5.41) is 12.8. The maximum Gasteiger partial charge on any atom is 0.434 e. The van der Waals surface area contributed by atoms with Crippen molar-refractivity contribution in [2.45, 2.75) is 44.6 Å². The third-order valence-electron chi connectivity index (χ3n) is 7.41. The van der Waals surface area contributed by atoms with Gasteiger partial charge in [-0.15, -0.1) is 0 Å². The van der Waals surface area contributed by atoms with E-state index in [-0.39, 0.29) is 18.2 Å². The normalized spacial score (nSPS) is 15.0. The summed E-state index contributed by atoms with van der Waals surface area (Å²) in [7, 11) is 0. The number of hydrogen-bond donors (Lipinski definition) is 1. The van der Waals surface area contributed by atoms with Gasteiger partial charge in [-0.05, 0) is 67.6 Å². The summed E-state index contributed by atoms with van der Waals surface area (Å²) in [5.41, 5.74) is 0.827. The third kappa shape index (κ3) is 7.01. The van der Waals surface area contributed by atoms with E-state index in [1.165, 1.54) is 17.2 Å². The molecule has 2 aromatic carbocycles. The van der Waals surface area contributed by atoms with E-state index in [1.54, 1.807) is 12.1 Å². The molecule has 5 rings (SSSR count). The van der Waals surface area contributed by atoms with Crippen molar-refractivity contribution in [1.82, 2.24) is 24.6 Å². The Morgan fingerprint density at radius 3 is 2.36 bits per heavy atom. The molecule has 2 aromatic heterocycles. The number of hydrogen-bond acceptors (Lipinski definition) is 6. The van der Waals surface area contributed by atoms with Crippen LogP contribution in [0.1, 0.15) is 51.5 Å². The monoisotopic (exact) mass is 619 g/mol. The van der Waals surface area contributed by atoms with Crippen molar-refractivity contribution < 1.29 is 41.0 Å². The van der Waals surface area contributed by atoms with Gasteiger partial charge in [-0.1, -0.05) is 36.4 Å². The number of ether oxygens (including phenoxy) is 1. The highest BCUT2D eigenvalue weighted by Crippen LogP contribution is 2.36. The molecule has 1 saturated heterocycles. The van der Waals surface area contributed by atoms with Crippen LogP contribution in [0.15, 0.2) is 60.9 Å². The zero-order valence-electron chi connectivity index (χ0n) is 23.4. The number of aromatic carboxylic acids is 1. The second-order valence-corrected chi connectivity index (χ2v) is 10.5. The highest BCUT2D eigenvalue weighted by molar-refractivity contribution is 5.89. The molecule has 1 N–H and O–H groups in total. The van der Waals surface area contributed by atoms with Crippen LogP contribution in [0.5, 0.6) is 5.75 Å². The maximum atomic E-state index is 13.8. The average molecular weight is 620 g/mol. The molecule has 0 radical (unpaired) electrons. The van der Waals surface area contributed by atoms with Crippen LogP contribution in [0.2, 0.25) is 0 Å². The number of halogens is 6. The van der Waals surface area contributed by atoms with Crippen molar-refractivity contribution in [2.75, 3.05) is 19.6 Å². The first kappa shape index (κ1) is 31.0. The van der Waals surface area contributed by atoms with E-state index < -0.39 is 42.1 Å². The zero-order valence-corrected chi connectivity index (χ0v) is 23.4. The Kier molecular flexibility index (Phi) is 8.64. The van der Waals surface area contributed by atoms with E-state index in [0.717, 1.165) is 16.7 Å². The summed E-state index contributed by atoms with van der Waals surface area (Å²) in [6.45, 7) is 1.85. The van der Waals surface area contributed by atoms with Gasteiger partial charge in [0, 0.05) is 11.8 Å². The van der Waals surface area contributed by atoms with Crippen LogP contribution >= 0.6 is 0 Å². The fourth-order valence-corrected chi connectivity index (χ4v) is 5.30. The molecule has 14 heteroatoms. The number of carboxylic acids is 1. The summed E-state index contributed by atoms with van der Waals surface area (Å²) >= 11 is 0. The Labute approximate surface area is 247 Å². The number of piperidine rings is 1. The number of carbonyl (C=O) groups is 1. The first-order valence-corrected chi connectivity index (χ1v) is 13.6. The molecular formula is C30H27F6N5O3. The van der Waals surface area contributed by atoms with Gasteiger partial charge in [-0.2, -0.15) is 36.1 Å². The fraction of sp³-hybridized carbons (Fsp3) is 0.333. The van der Waals surface area contributed by atoms with Crippen molar-refractivity contribution in [1.29, 1.82) is 0 Å². The highest BCUT2D eigenvalue weighted by atomic mass is 19.4. The predicted molar refractivity (Wildman–Crippen MR) is 147 cm³/mol. The molecule has 0 aliphatic carbocycles. The first-order chi connectivity index (χ1) is 20.8. The lowest BCUT2D eigenvalue weighted by atomic mass is 9.89. The minimum absolute atomic E-state index is 0.166. The fourth-order valence-electron chi connectivity index (χ4n) is 5.30. The van der Waals surface area contributed by atoms with Crippen LogP contribution in [0, 0.1) is 6.92 Å². The number of nitrogens with zero attached hydrogens (tertiary/aromatic N) is 5.